The first-order chi connectivity index (χ1) is 10.0. The Labute approximate surface area is 125 Å². The summed E-state index contributed by atoms with van der Waals surface area (Å²) in [4.78, 5) is 17.0. The van der Waals surface area contributed by atoms with E-state index in [0.29, 0.717) is 12.1 Å². The van der Waals surface area contributed by atoms with Crippen molar-refractivity contribution >= 4 is 11.0 Å². The van der Waals surface area contributed by atoms with Crippen molar-refractivity contribution < 1.29 is 0 Å². The Hall–Kier alpha value is -1.55. The van der Waals surface area contributed by atoms with Crippen LogP contribution in [0, 0.1) is 11.8 Å². The lowest BCUT2D eigenvalue weighted by Crippen LogP contribution is -2.40. The summed E-state index contributed by atoms with van der Waals surface area (Å²) in [5, 5.41) is 3.78. The second kappa shape index (κ2) is 5.68. The number of H-pyrrole nitrogens is 2. The minimum atomic E-state index is -0.141. The third kappa shape index (κ3) is 3.05. The number of aromatic nitrogens is 2. The summed E-state index contributed by atoms with van der Waals surface area (Å²) in [6.07, 6.45) is 3.93. The van der Waals surface area contributed by atoms with Gasteiger partial charge < -0.3 is 15.3 Å². The van der Waals surface area contributed by atoms with Gasteiger partial charge in [-0.15, -0.1) is 0 Å². The van der Waals surface area contributed by atoms with Crippen LogP contribution in [0.5, 0.6) is 0 Å². The molecule has 1 heterocycles. The number of rotatable bonds is 3. The molecule has 4 heteroatoms. The largest absolute Gasteiger partial charge is 0.323 e. The lowest BCUT2D eigenvalue weighted by molar-refractivity contribution is 0.216. The Kier molecular flexibility index (Phi) is 3.89. The second-order valence-corrected chi connectivity index (χ2v) is 6.77. The second-order valence-electron chi connectivity index (χ2n) is 6.77. The maximum atomic E-state index is 11.3. The molecule has 2 aromatic rings. The molecule has 114 valence electrons. The number of benzene rings is 1. The Morgan fingerprint density at radius 3 is 2.76 bits per heavy atom. The SMILES string of the molecule is CC1CCC(C)C(NC(C)c2ccc3[nH]c(=O)[nH]c3c2)C1. The zero-order valence-corrected chi connectivity index (χ0v) is 13.1. The van der Waals surface area contributed by atoms with Crippen molar-refractivity contribution in [3.05, 3.63) is 34.2 Å². The van der Waals surface area contributed by atoms with Gasteiger partial charge in [-0.1, -0.05) is 26.3 Å². The fraction of sp³-hybridized carbons (Fsp3) is 0.588. The molecule has 0 spiro atoms. The van der Waals surface area contributed by atoms with Crippen LogP contribution in [-0.4, -0.2) is 16.0 Å². The number of nitrogens with one attached hydrogen (secondary N) is 3. The van der Waals surface area contributed by atoms with Gasteiger partial charge in [-0.2, -0.15) is 0 Å². The Morgan fingerprint density at radius 2 is 1.95 bits per heavy atom. The summed E-state index contributed by atoms with van der Waals surface area (Å²) in [6.45, 7) is 6.91. The van der Waals surface area contributed by atoms with Crippen LogP contribution in [0.25, 0.3) is 11.0 Å². The van der Waals surface area contributed by atoms with E-state index in [-0.39, 0.29) is 5.69 Å². The zero-order valence-electron chi connectivity index (χ0n) is 13.1. The third-order valence-electron chi connectivity index (χ3n) is 4.96. The first-order valence-electron chi connectivity index (χ1n) is 8.01. The van der Waals surface area contributed by atoms with Crippen molar-refractivity contribution in [2.75, 3.05) is 0 Å². The standard InChI is InChI=1S/C17H25N3O/c1-10-4-5-11(2)15(8-10)18-12(3)13-6-7-14-16(9-13)20-17(21)19-14/h6-7,9-12,15,18H,4-5,8H2,1-3H3,(H2,19,20,21). The van der Waals surface area contributed by atoms with Crippen LogP contribution in [0.1, 0.15) is 51.6 Å². The molecule has 0 aliphatic heterocycles. The molecule has 3 rings (SSSR count). The van der Waals surface area contributed by atoms with E-state index in [0.717, 1.165) is 22.9 Å². The maximum Gasteiger partial charge on any atom is 0.323 e. The minimum absolute atomic E-state index is 0.141. The lowest BCUT2D eigenvalue weighted by Gasteiger charge is -2.35. The molecule has 0 amide bonds. The molecule has 4 nitrogen and oxygen atoms in total. The Morgan fingerprint density at radius 1 is 1.19 bits per heavy atom. The van der Waals surface area contributed by atoms with Crippen molar-refractivity contribution in [1.82, 2.24) is 15.3 Å². The van der Waals surface area contributed by atoms with E-state index in [2.05, 4.69) is 48.2 Å². The smallest absolute Gasteiger partial charge is 0.307 e. The van der Waals surface area contributed by atoms with Crippen molar-refractivity contribution in [3.8, 4) is 0 Å². The molecule has 21 heavy (non-hydrogen) atoms. The number of imidazole rings is 1. The predicted molar refractivity (Wildman–Crippen MR) is 86.4 cm³/mol. The molecular formula is C17H25N3O. The molecule has 0 saturated heterocycles. The molecule has 3 N–H and O–H groups in total. The predicted octanol–water partition coefficient (Wildman–Crippen LogP) is 3.33. The van der Waals surface area contributed by atoms with Crippen molar-refractivity contribution in [2.24, 2.45) is 11.8 Å². The lowest BCUT2D eigenvalue weighted by atomic mass is 9.79. The van der Waals surface area contributed by atoms with E-state index in [1.54, 1.807) is 0 Å². The van der Waals surface area contributed by atoms with Crippen LogP contribution in [-0.2, 0) is 0 Å². The number of hydrogen-bond acceptors (Lipinski definition) is 2. The van der Waals surface area contributed by atoms with Crippen molar-refractivity contribution in [2.45, 2.75) is 52.1 Å². The molecule has 1 aromatic carbocycles. The van der Waals surface area contributed by atoms with Crippen LogP contribution in [0.2, 0.25) is 0 Å². The first-order valence-corrected chi connectivity index (χ1v) is 8.01. The molecule has 1 fully saturated rings. The molecule has 1 aromatic heterocycles. The average molecular weight is 287 g/mol. The number of fused-ring (bicyclic) bond motifs is 1. The van der Waals surface area contributed by atoms with Gasteiger partial charge in [0.1, 0.15) is 0 Å². The van der Waals surface area contributed by atoms with Crippen LogP contribution < -0.4 is 11.0 Å². The van der Waals surface area contributed by atoms with Gasteiger partial charge in [0.05, 0.1) is 11.0 Å². The molecular weight excluding hydrogens is 262 g/mol. The topological polar surface area (TPSA) is 60.7 Å². The maximum absolute atomic E-state index is 11.3. The minimum Gasteiger partial charge on any atom is -0.307 e. The van der Waals surface area contributed by atoms with Crippen LogP contribution in [0.3, 0.4) is 0 Å². The summed E-state index contributed by atoms with van der Waals surface area (Å²) in [5.74, 6) is 1.55. The number of aromatic amines is 2. The highest BCUT2D eigenvalue weighted by Gasteiger charge is 2.26. The quantitative estimate of drug-likeness (QED) is 0.811. The summed E-state index contributed by atoms with van der Waals surface area (Å²) >= 11 is 0. The van der Waals surface area contributed by atoms with Gasteiger partial charge in [0, 0.05) is 12.1 Å². The van der Waals surface area contributed by atoms with E-state index in [1.807, 2.05) is 6.07 Å². The highest BCUT2D eigenvalue weighted by atomic mass is 16.1. The van der Waals surface area contributed by atoms with Gasteiger partial charge in [0.15, 0.2) is 0 Å². The van der Waals surface area contributed by atoms with E-state index in [9.17, 15) is 4.79 Å². The Bertz CT molecular complexity index is 672. The van der Waals surface area contributed by atoms with Crippen molar-refractivity contribution in [1.29, 1.82) is 0 Å². The first kappa shape index (κ1) is 14.4. The van der Waals surface area contributed by atoms with E-state index >= 15 is 0 Å². The molecule has 4 unspecified atom stereocenters. The van der Waals surface area contributed by atoms with Gasteiger partial charge in [0.25, 0.3) is 0 Å². The van der Waals surface area contributed by atoms with Crippen LogP contribution in [0.15, 0.2) is 23.0 Å². The van der Waals surface area contributed by atoms with E-state index in [1.165, 1.54) is 24.8 Å². The van der Waals surface area contributed by atoms with Gasteiger partial charge in [-0.25, -0.2) is 4.79 Å². The van der Waals surface area contributed by atoms with Gasteiger partial charge in [-0.3, -0.25) is 0 Å². The van der Waals surface area contributed by atoms with E-state index < -0.39 is 0 Å². The highest BCUT2D eigenvalue weighted by molar-refractivity contribution is 5.75. The molecule has 1 saturated carbocycles. The number of hydrogen-bond donors (Lipinski definition) is 3. The highest BCUT2D eigenvalue weighted by Crippen LogP contribution is 2.30. The monoisotopic (exact) mass is 287 g/mol. The molecule has 4 atom stereocenters. The molecule has 1 aliphatic rings. The summed E-state index contributed by atoms with van der Waals surface area (Å²) in [6, 6.07) is 7.03. The zero-order chi connectivity index (χ0) is 15.0. The molecule has 0 bridgehead atoms. The normalized spacial score (nSPS) is 27.9. The fourth-order valence-electron chi connectivity index (χ4n) is 3.50. The van der Waals surface area contributed by atoms with Crippen molar-refractivity contribution in [3.63, 3.8) is 0 Å². The molecule has 1 aliphatic carbocycles. The molecule has 0 radical (unpaired) electrons. The van der Waals surface area contributed by atoms with Gasteiger partial charge >= 0.3 is 5.69 Å². The van der Waals surface area contributed by atoms with Crippen LogP contribution in [0.4, 0.5) is 0 Å². The fourth-order valence-corrected chi connectivity index (χ4v) is 3.50. The summed E-state index contributed by atoms with van der Waals surface area (Å²) in [5.41, 5.74) is 2.84. The van der Waals surface area contributed by atoms with Gasteiger partial charge in [-0.05, 0) is 49.3 Å². The van der Waals surface area contributed by atoms with Gasteiger partial charge in [0.2, 0.25) is 0 Å². The average Bonchev–Trinajstić information content (AvgIpc) is 2.81. The summed E-state index contributed by atoms with van der Waals surface area (Å²) < 4.78 is 0. The van der Waals surface area contributed by atoms with E-state index in [4.69, 9.17) is 0 Å². The Balaban J connectivity index is 1.76. The summed E-state index contributed by atoms with van der Waals surface area (Å²) in [7, 11) is 0. The van der Waals surface area contributed by atoms with Crippen LogP contribution >= 0.6 is 0 Å². The third-order valence-corrected chi connectivity index (χ3v) is 4.96.